The molecule has 1 aromatic rings. The van der Waals surface area contributed by atoms with E-state index in [1.807, 2.05) is 19.9 Å². The van der Waals surface area contributed by atoms with Crippen LogP contribution in [0.1, 0.15) is 13.8 Å². The highest BCUT2D eigenvalue weighted by Gasteiger charge is 2.12. The van der Waals surface area contributed by atoms with Gasteiger partial charge < -0.3 is 23.7 Å². The Kier molecular flexibility index (Phi) is 7.07. The summed E-state index contributed by atoms with van der Waals surface area (Å²) in [6.45, 7) is 5.27. The van der Waals surface area contributed by atoms with Crippen molar-refractivity contribution >= 4 is 0 Å². The lowest BCUT2D eigenvalue weighted by molar-refractivity contribution is -0.152. The lowest BCUT2D eigenvalue weighted by Gasteiger charge is -2.18. The third-order valence-electron chi connectivity index (χ3n) is 2.45. The summed E-state index contributed by atoms with van der Waals surface area (Å²) >= 11 is 0. The smallest absolute Gasteiger partial charge is 0.191 e. The number of benzene rings is 1. The molecule has 0 atom stereocenters. The molecule has 0 aliphatic carbocycles. The zero-order chi connectivity index (χ0) is 14.1. The van der Waals surface area contributed by atoms with Gasteiger partial charge in [-0.2, -0.15) is 0 Å². The average molecular weight is 270 g/mol. The molecular weight excluding hydrogens is 248 g/mol. The van der Waals surface area contributed by atoms with Crippen molar-refractivity contribution in [3.8, 4) is 17.2 Å². The van der Waals surface area contributed by atoms with Gasteiger partial charge in [0.2, 0.25) is 0 Å². The Morgan fingerprint density at radius 3 is 2.16 bits per heavy atom. The van der Waals surface area contributed by atoms with Crippen LogP contribution in [0.25, 0.3) is 0 Å². The van der Waals surface area contributed by atoms with E-state index in [4.69, 9.17) is 23.7 Å². The van der Waals surface area contributed by atoms with Crippen LogP contribution >= 0.6 is 0 Å². The summed E-state index contributed by atoms with van der Waals surface area (Å²) in [6.07, 6.45) is -0.383. The third-order valence-corrected chi connectivity index (χ3v) is 2.45. The van der Waals surface area contributed by atoms with E-state index in [-0.39, 0.29) is 6.29 Å². The van der Waals surface area contributed by atoms with E-state index < -0.39 is 0 Å². The number of ether oxygens (including phenoxy) is 5. The summed E-state index contributed by atoms with van der Waals surface area (Å²) in [5, 5.41) is 0. The minimum Gasteiger partial charge on any atom is -0.497 e. The van der Waals surface area contributed by atoms with Gasteiger partial charge in [-0.1, -0.05) is 0 Å². The number of hydrogen-bond acceptors (Lipinski definition) is 5. The molecule has 0 saturated heterocycles. The van der Waals surface area contributed by atoms with E-state index in [2.05, 4.69) is 0 Å². The minimum absolute atomic E-state index is 0.297. The third kappa shape index (κ3) is 4.96. The fourth-order valence-corrected chi connectivity index (χ4v) is 1.57. The van der Waals surface area contributed by atoms with Crippen molar-refractivity contribution in [2.75, 3.05) is 34.0 Å². The van der Waals surface area contributed by atoms with Crippen LogP contribution in [0.4, 0.5) is 0 Å². The van der Waals surface area contributed by atoms with Gasteiger partial charge >= 0.3 is 0 Å². The molecule has 5 heteroatoms. The van der Waals surface area contributed by atoms with Crippen molar-refractivity contribution < 1.29 is 23.7 Å². The van der Waals surface area contributed by atoms with Crippen molar-refractivity contribution in [3.63, 3.8) is 0 Å². The summed E-state index contributed by atoms with van der Waals surface area (Å²) < 4.78 is 26.9. The van der Waals surface area contributed by atoms with Crippen LogP contribution in [0, 0.1) is 0 Å². The largest absolute Gasteiger partial charge is 0.497 e. The summed E-state index contributed by atoms with van der Waals surface area (Å²) in [5.74, 6) is 1.96. The first kappa shape index (κ1) is 15.6. The van der Waals surface area contributed by atoms with E-state index in [9.17, 15) is 0 Å². The van der Waals surface area contributed by atoms with Crippen LogP contribution in [0.15, 0.2) is 18.2 Å². The van der Waals surface area contributed by atoms with E-state index in [0.29, 0.717) is 37.1 Å². The summed E-state index contributed by atoms with van der Waals surface area (Å²) in [7, 11) is 3.20. The fourth-order valence-electron chi connectivity index (χ4n) is 1.57. The molecule has 108 valence electrons. The van der Waals surface area contributed by atoms with Crippen molar-refractivity contribution in [3.05, 3.63) is 18.2 Å². The molecule has 19 heavy (non-hydrogen) atoms. The van der Waals surface area contributed by atoms with Crippen LogP contribution in [-0.2, 0) is 9.47 Å². The fraction of sp³-hybridized carbons (Fsp3) is 0.571. The Labute approximate surface area is 114 Å². The van der Waals surface area contributed by atoms with Gasteiger partial charge in [-0.05, 0) is 26.0 Å². The average Bonchev–Trinajstić information content (AvgIpc) is 2.44. The molecule has 0 amide bonds. The molecule has 0 N–H and O–H groups in total. The second-order valence-corrected chi connectivity index (χ2v) is 3.67. The van der Waals surface area contributed by atoms with E-state index in [1.165, 1.54) is 0 Å². The molecule has 1 rings (SSSR count). The molecule has 0 heterocycles. The molecule has 0 fully saturated rings. The number of hydrogen-bond donors (Lipinski definition) is 0. The summed E-state index contributed by atoms with van der Waals surface area (Å²) in [5.41, 5.74) is 0. The molecule has 0 radical (unpaired) electrons. The van der Waals surface area contributed by atoms with Gasteiger partial charge in [0, 0.05) is 19.3 Å². The van der Waals surface area contributed by atoms with Crippen LogP contribution in [0.2, 0.25) is 0 Å². The van der Waals surface area contributed by atoms with Gasteiger partial charge in [-0.25, -0.2) is 0 Å². The first-order valence-electron chi connectivity index (χ1n) is 6.33. The standard InChI is InChI=1S/C14H22O5/c1-5-17-14(18-6-2)10-19-13-9-11(15-3)7-8-12(13)16-4/h7-9,14H,5-6,10H2,1-4H3. The predicted molar refractivity (Wildman–Crippen MR) is 72.1 cm³/mol. The van der Waals surface area contributed by atoms with Gasteiger partial charge in [-0.15, -0.1) is 0 Å². The monoisotopic (exact) mass is 270 g/mol. The van der Waals surface area contributed by atoms with Gasteiger partial charge in [0.25, 0.3) is 0 Å². The topological polar surface area (TPSA) is 46.2 Å². The van der Waals surface area contributed by atoms with Crippen LogP contribution in [0.3, 0.4) is 0 Å². The van der Waals surface area contributed by atoms with Crippen molar-refractivity contribution in [2.45, 2.75) is 20.1 Å². The maximum Gasteiger partial charge on any atom is 0.191 e. The van der Waals surface area contributed by atoms with Gasteiger partial charge in [0.1, 0.15) is 12.4 Å². The second kappa shape index (κ2) is 8.61. The molecule has 0 aromatic heterocycles. The Morgan fingerprint density at radius 2 is 1.63 bits per heavy atom. The molecule has 0 aliphatic heterocycles. The maximum atomic E-state index is 5.68. The second-order valence-electron chi connectivity index (χ2n) is 3.67. The molecule has 0 aliphatic rings. The van der Waals surface area contributed by atoms with Gasteiger partial charge in [0.15, 0.2) is 17.8 Å². The van der Waals surface area contributed by atoms with E-state index in [1.54, 1.807) is 26.4 Å². The quantitative estimate of drug-likeness (QED) is 0.645. The molecular formula is C14H22O5. The molecule has 0 spiro atoms. The first-order valence-corrected chi connectivity index (χ1v) is 6.33. The molecule has 0 bridgehead atoms. The Balaban J connectivity index is 2.68. The molecule has 0 unspecified atom stereocenters. The summed E-state index contributed by atoms with van der Waals surface area (Å²) in [4.78, 5) is 0. The van der Waals surface area contributed by atoms with Crippen molar-refractivity contribution in [1.29, 1.82) is 0 Å². The number of rotatable bonds is 9. The van der Waals surface area contributed by atoms with E-state index >= 15 is 0 Å². The predicted octanol–water partition coefficient (Wildman–Crippen LogP) is 2.48. The zero-order valence-corrected chi connectivity index (χ0v) is 12.0. The summed E-state index contributed by atoms with van der Waals surface area (Å²) in [6, 6.07) is 5.38. The SMILES string of the molecule is CCOC(COc1cc(OC)ccc1OC)OCC. The minimum atomic E-state index is -0.383. The van der Waals surface area contributed by atoms with Crippen LogP contribution < -0.4 is 14.2 Å². The van der Waals surface area contributed by atoms with Gasteiger partial charge in [-0.3, -0.25) is 0 Å². The highest BCUT2D eigenvalue weighted by molar-refractivity contribution is 5.45. The van der Waals surface area contributed by atoms with Crippen molar-refractivity contribution in [1.82, 2.24) is 0 Å². The van der Waals surface area contributed by atoms with Crippen LogP contribution in [0.5, 0.6) is 17.2 Å². The molecule has 5 nitrogen and oxygen atoms in total. The highest BCUT2D eigenvalue weighted by atomic mass is 16.7. The Bertz CT molecular complexity index is 361. The lowest BCUT2D eigenvalue weighted by Crippen LogP contribution is -2.25. The first-order chi connectivity index (χ1) is 9.24. The Hall–Kier alpha value is -1.46. The zero-order valence-electron chi connectivity index (χ0n) is 12.0. The normalized spacial score (nSPS) is 10.6. The lowest BCUT2D eigenvalue weighted by atomic mass is 10.3. The van der Waals surface area contributed by atoms with Crippen molar-refractivity contribution in [2.24, 2.45) is 0 Å². The van der Waals surface area contributed by atoms with Gasteiger partial charge in [0.05, 0.1) is 14.2 Å². The van der Waals surface area contributed by atoms with E-state index in [0.717, 1.165) is 0 Å². The Morgan fingerprint density at radius 1 is 0.947 bits per heavy atom. The maximum absolute atomic E-state index is 5.68. The number of methoxy groups -OCH3 is 2. The van der Waals surface area contributed by atoms with Crippen LogP contribution in [-0.4, -0.2) is 40.3 Å². The molecule has 0 saturated carbocycles. The highest BCUT2D eigenvalue weighted by Crippen LogP contribution is 2.31. The molecule has 1 aromatic carbocycles.